The van der Waals surface area contributed by atoms with Crippen LogP contribution in [-0.4, -0.2) is 42.4 Å². The number of hydrogen-bond acceptors (Lipinski definition) is 5. The van der Waals surface area contributed by atoms with Crippen molar-refractivity contribution in [3.05, 3.63) is 77.4 Å². The number of thiophene rings is 1. The maximum Gasteiger partial charge on any atom is 0.175 e. The number of sulfone groups is 1. The Morgan fingerprint density at radius 3 is 2.55 bits per heavy atom. The second-order valence-corrected chi connectivity index (χ2v) is 14.2. The smallest absolute Gasteiger partial charge is 0.175 e. The van der Waals surface area contributed by atoms with E-state index in [-0.39, 0.29) is 0 Å². The maximum absolute atomic E-state index is 12.1. The zero-order valence-electron chi connectivity index (χ0n) is 21.5. The van der Waals surface area contributed by atoms with Crippen molar-refractivity contribution in [2.24, 2.45) is 11.8 Å². The Labute approximate surface area is 234 Å². The van der Waals surface area contributed by atoms with Crippen molar-refractivity contribution in [2.45, 2.75) is 43.5 Å². The minimum atomic E-state index is -3.27. The molecule has 1 saturated heterocycles. The number of benzene rings is 2. The van der Waals surface area contributed by atoms with Gasteiger partial charge in [0.1, 0.15) is 0 Å². The first kappa shape index (κ1) is 25.8. The van der Waals surface area contributed by atoms with Crippen molar-refractivity contribution in [1.82, 2.24) is 14.7 Å². The van der Waals surface area contributed by atoms with Gasteiger partial charge in [-0.2, -0.15) is 5.10 Å². The Morgan fingerprint density at radius 2 is 1.74 bits per heavy atom. The van der Waals surface area contributed by atoms with Gasteiger partial charge < -0.3 is 0 Å². The molecule has 0 spiro atoms. The van der Waals surface area contributed by atoms with Crippen LogP contribution in [0.3, 0.4) is 0 Å². The van der Waals surface area contributed by atoms with Gasteiger partial charge in [0.2, 0.25) is 0 Å². The molecule has 2 aromatic carbocycles. The topological polar surface area (TPSA) is 55.2 Å². The molecule has 5 nitrogen and oxygen atoms in total. The second-order valence-electron chi connectivity index (χ2n) is 10.7. The summed E-state index contributed by atoms with van der Waals surface area (Å²) in [5.74, 6) is 1.73. The van der Waals surface area contributed by atoms with Crippen LogP contribution >= 0.6 is 22.9 Å². The lowest BCUT2D eigenvalue weighted by Crippen LogP contribution is -2.41. The summed E-state index contributed by atoms with van der Waals surface area (Å²) in [4.78, 5) is 4.98. The minimum Gasteiger partial charge on any atom is -0.297 e. The van der Waals surface area contributed by atoms with E-state index in [1.54, 1.807) is 29.5 Å². The van der Waals surface area contributed by atoms with Crippen LogP contribution in [0.15, 0.2) is 71.6 Å². The van der Waals surface area contributed by atoms with E-state index in [1.165, 1.54) is 44.9 Å². The molecule has 1 aliphatic carbocycles. The summed E-state index contributed by atoms with van der Waals surface area (Å²) in [6, 6.07) is 21.3. The zero-order valence-corrected chi connectivity index (χ0v) is 23.9. The normalized spacial score (nSPS) is 20.4. The van der Waals surface area contributed by atoms with Crippen LogP contribution in [0.2, 0.25) is 5.02 Å². The molecule has 2 fully saturated rings. The molecule has 4 aromatic rings. The number of aromatic nitrogens is 2. The predicted octanol–water partition coefficient (Wildman–Crippen LogP) is 7.34. The number of halogens is 1. The van der Waals surface area contributed by atoms with E-state index in [1.807, 2.05) is 35.0 Å². The molecule has 0 bridgehead atoms. The van der Waals surface area contributed by atoms with Gasteiger partial charge in [-0.3, -0.25) is 4.90 Å². The molecule has 2 aromatic heterocycles. The third-order valence-electron chi connectivity index (χ3n) is 8.01. The second kappa shape index (κ2) is 10.6. The van der Waals surface area contributed by atoms with E-state index < -0.39 is 9.84 Å². The Balaban J connectivity index is 1.33. The molecule has 0 amide bonds. The van der Waals surface area contributed by atoms with Crippen molar-refractivity contribution in [3.63, 3.8) is 0 Å². The highest BCUT2D eigenvalue weighted by Gasteiger charge is 2.31. The van der Waals surface area contributed by atoms with Gasteiger partial charge in [-0.05, 0) is 79.3 Å². The van der Waals surface area contributed by atoms with E-state index >= 15 is 0 Å². The average molecular weight is 566 g/mol. The number of nitrogens with zero attached hydrogens (tertiary/aromatic N) is 3. The highest BCUT2D eigenvalue weighted by atomic mass is 35.5. The van der Waals surface area contributed by atoms with Gasteiger partial charge in [-0.25, -0.2) is 13.1 Å². The summed E-state index contributed by atoms with van der Waals surface area (Å²) in [5.41, 5.74) is 3.79. The Hall–Kier alpha value is -2.45. The summed E-state index contributed by atoms with van der Waals surface area (Å²) < 4.78 is 26.2. The summed E-state index contributed by atoms with van der Waals surface area (Å²) in [6.07, 6.45) is 8.06. The van der Waals surface area contributed by atoms with Crippen LogP contribution in [0, 0.1) is 11.8 Å². The molecule has 2 unspecified atom stereocenters. The van der Waals surface area contributed by atoms with Gasteiger partial charge in [-0.1, -0.05) is 55.1 Å². The maximum atomic E-state index is 12.1. The van der Waals surface area contributed by atoms with Crippen molar-refractivity contribution in [3.8, 4) is 26.7 Å². The molecular formula is C30H32ClN3O2S2. The third kappa shape index (κ3) is 5.34. The SMILES string of the molecule is CS(=O)(=O)c1cccc(-c2ccc(-c3cc(CN4CCC5CCCCC5C4)nn3-c3ccccc3Cl)s2)c1. The van der Waals surface area contributed by atoms with Gasteiger partial charge in [0.05, 0.1) is 31.9 Å². The molecule has 1 aliphatic heterocycles. The predicted molar refractivity (Wildman–Crippen MR) is 156 cm³/mol. The van der Waals surface area contributed by atoms with E-state index in [0.717, 1.165) is 57.3 Å². The molecular weight excluding hydrogens is 534 g/mol. The number of rotatable bonds is 6. The molecule has 2 atom stereocenters. The third-order valence-corrected chi connectivity index (χ3v) is 10.6. The van der Waals surface area contributed by atoms with E-state index in [2.05, 4.69) is 23.1 Å². The standard InChI is InChI=1S/C30H32ClN3O2S2/c1-38(35,36)25-10-6-9-22(17-25)29-13-14-30(37-29)28-18-24(32-34(28)27-12-5-4-11-26(27)31)20-33-16-15-21-7-2-3-8-23(21)19-33/h4-6,9-14,17-18,21,23H,2-3,7-8,15-16,19-20H2,1H3. The lowest BCUT2D eigenvalue weighted by molar-refractivity contribution is 0.0811. The molecule has 0 N–H and O–H groups in total. The van der Waals surface area contributed by atoms with Crippen LogP contribution in [0.1, 0.15) is 37.8 Å². The lowest BCUT2D eigenvalue weighted by Gasteiger charge is -2.41. The average Bonchev–Trinajstić information content (AvgIpc) is 3.56. The molecule has 0 radical (unpaired) electrons. The van der Waals surface area contributed by atoms with Crippen molar-refractivity contribution in [2.75, 3.05) is 19.3 Å². The molecule has 6 rings (SSSR count). The van der Waals surface area contributed by atoms with Crippen molar-refractivity contribution in [1.29, 1.82) is 0 Å². The summed E-state index contributed by atoms with van der Waals surface area (Å²) in [5, 5.41) is 5.72. The number of likely N-dealkylation sites (tertiary alicyclic amines) is 1. The van der Waals surface area contributed by atoms with E-state index in [4.69, 9.17) is 16.7 Å². The fraction of sp³-hybridized carbons (Fsp3) is 0.367. The first-order chi connectivity index (χ1) is 18.3. The van der Waals surface area contributed by atoms with Gasteiger partial charge in [0, 0.05) is 24.2 Å². The van der Waals surface area contributed by atoms with E-state index in [0.29, 0.717) is 9.92 Å². The first-order valence-corrected chi connectivity index (χ1v) is 16.4. The highest BCUT2D eigenvalue weighted by Crippen LogP contribution is 2.39. The van der Waals surface area contributed by atoms with Gasteiger partial charge in [0.15, 0.2) is 9.84 Å². The largest absolute Gasteiger partial charge is 0.297 e. The molecule has 3 heterocycles. The van der Waals surface area contributed by atoms with Crippen molar-refractivity contribution < 1.29 is 8.42 Å². The summed E-state index contributed by atoms with van der Waals surface area (Å²) in [6.45, 7) is 3.14. The van der Waals surface area contributed by atoms with Gasteiger partial charge in [0.25, 0.3) is 0 Å². The Kier molecular flexibility index (Phi) is 7.20. The monoisotopic (exact) mass is 565 g/mol. The quantitative estimate of drug-likeness (QED) is 0.245. The van der Waals surface area contributed by atoms with Crippen LogP contribution in [-0.2, 0) is 16.4 Å². The Morgan fingerprint density at radius 1 is 0.947 bits per heavy atom. The number of para-hydroxylation sites is 1. The molecule has 8 heteroatoms. The fourth-order valence-corrected chi connectivity index (χ4v) is 7.94. The molecule has 38 heavy (non-hydrogen) atoms. The fourth-order valence-electron chi connectivity index (χ4n) is 6.05. The summed E-state index contributed by atoms with van der Waals surface area (Å²) >= 11 is 8.27. The van der Waals surface area contributed by atoms with E-state index in [9.17, 15) is 8.42 Å². The minimum absolute atomic E-state index is 0.329. The summed E-state index contributed by atoms with van der Waals surface area (Å²) in [7, 11) is -3.27. The van der Waals surface area contributed by atoms with Crippen molar-refractivity contribution >= 4 is 32.8 Å². The van der Waals surface area contributed by atoms with Crippen LogP contribution in [0.4, 0.5) is 0 Å². The number of fused-ring (bicyclic) bond motifs is 1. The molecule has 2 aliphatic rings. The van der Waals surface area contributed by atoms with Gasteiger partial charge >= 0.3 is 0 Å². The van der Waals surface area contributed by atoms with Crippen LogP contribution < -0.4 is 0 Å². The molecule has 1 saturated carbocycles. The Bertz CT molecular complexity index is 1560. The first-order valence-electron chi connectivity index (χ1n) is 13.3. The molecule has 198 valence electrons. The van der Waals surface area contributed by atoms with Crippen LogP contribution in [0.25, 0.3) is 26.7 Å². The van der Waals surface area contributed by atoms with Crippen LogP contribution in [0.5, 0.6) is 0 Å². The number of hydrogen-bond donors (Lipinski definition) is 0. The lowest BCUT2D eigenvalue weighted by atomic mass is 9.75. The number of piperidine rings is 1. The zero-order chi connectivity index (χ0) is 26.3. The van der Waals surface area contributed by atoms with Gasteiger partial charge in [-0.15, -0.1) is 11.3 Å². The highest BCUT2D eigenvalue weighted by molar-refractivity contribution is 7.90.